The van der Waals surface area contributed by atoms with Crippen molar-refractivity contribution >= 4 is 5.91 Å². The number of halogens is 1. The molecular formula is C22H21FN4O. The Bertz CT molecular complexity index is 973. The Morgan fingerprint density at radius 1 is 1.11 bits per heavy atom. The van der Waals surface area contributed by atoms with E-state index in [0.717, 1.165) is 29.8 Å². The lowest BCUT2D eigenvalue weighted by Gasteiger charge is -2.24. The third kappa shape index (κ3) is 3.76. The Labute approximate surface area is 163 Å². The number of aryl methyl sites for hydroxylation is 1. The van der Waals surface area contributed by atoms with Gasteiger partial charge in [0.25, 0.3) is 5.91 Å². The van der Waals surface area contributed by atoms with E-state index in [2.05, 4.69) is 15.0 Å². The lowest BCUT2D eigenvalue weighted by atomic mass is 10.0. The average molecular weight is 376 g/mol. The fourth-order valence-electron chi connectivity index (χ4n) is 3.57. The smallest absolute Gasteiger partial charge is 0.274 e. The Morgan fingerprint density at radius 3 is 2.68 bits per heavy atom. The highest BCUT2D eigenvalue weighted by atomic mass is 19.1. The lowest BCUT2D eigenvalue weighted by Crippen LogP contribution is -2.31. The molecule has 0 N–H and O–H groups in total. The van der Waals surface area contributed by atoms with Crippen LogP contribution in [0.3, 0.4) is 0 Å². The molecule has 0 aliphatic carbocycles. The molecule has 1 aliphatic rings. The number of nitrogens with zero attached hydrogens (tertiary/aromatic N) is 4. The maximum absolute atomic E-state index is 13.9. The summed E-state index contributed by atoms with van der Waals surface area (Å²) in [5, 5.41) is 0. The summed E-state index contributed by atoms with van der Waals surface area (Å²) in [5.74, 6) is -0.328. The van der Waals surface area contributed by atoms with Crippen molar-refractivity contribution in [3.05, 3.63) is 89.0 Å². The maximum atomic E-state index is 13.9. The number of rotatable bonds is 4. The molecule has 3 aromatic rings. The van der Waals surface area contributed by atoms with E-state index in [-0.39, 0.29) is 17.8 Å². The van der Waals surface area contributed by atoms with E-state index in [9.17, 15) is 9.18 Å². The molecule has 1 aliphatic heterocycles. The monoisotopic (exact) mass is 376 g/mol. The Hall–Kier alpha value is -3.15. The number of likely N-dealkylation sites (tertiary alicyclic amines) is 1. The number of hydrogen-bond donors (Lipinski definition) is 0. The van der Waals surface area contributed by atoms with Crippen LogP contribution < -0.4 is 0 Å². The first-order valence-corrected chi connectivity index (χ1v) is 9.39. The van der Waals surface area contributed by atoms with E-state index in [4.69, 9.17) is 0 Å². The number of pyridine rings is 1. The lowest BCUT2D eigenvalue weighted by molar-refractivity contribution is 0.0726. The van der Waals surface area contributed by atoms with Gasteiger partial charge >= 0.3 is 0 Å². The maximum Gasteiger partial charge on any atom is 0.274 e. The predicted molar refractivity (Wildman–Crippen MR) is 103 cm³/mol. The van der Waals surface area contributed by atoms with Gasteiger partial charge in [-0.15, -0.1) is 0 Å². The van der Waals surface area contributed by atoms with Crippen LogP contribution in [0, 0.1) is 12.7 Å². The minimum Gasteiger partial charge on any atom is -0.329 e. The summed E-state index contributed by atoms with van der Waals surface area (Å²) >= 11 is 0. The Kier molecular flexibility index (Phi) is 5.10. The average Bonchev–Trinajstić information content (AvgIpc) is 3.20. The SMILES string of the molecule is Cc1cnc(C(=O)N2CCC[C@H]2c2ccc(Cc3ccccc3F)cn2)cn1. The topological polar surface area (TPSA) is 59.0 Å². The fraction of sp³-hybridized carbons (Fsp3) is 0.273. The van der Waals surface area contributed by atoms with Crippen LogP contribution in [-0.4, -0.2) is 32.3 Å². The molecule has 0 saturated carbocycles. The van der Waals surface area contributed by atoms with Gasteiger partial charge in [0.2, 0.25) is 0 Å². The van der Waals surface area contributed by atoms with Gasteiger partial charge in [-0.1, -0.05) is 24.3 Å². The van der Waals surface area contributed by atoms with Crippen LogP contribution in [0.25, 0.3) is 0 Å². The van der Waals surface area contributed by atoms with Crippen molar-refractivity contribution < 1.29 is 9.18 Å². The van der Waals surface area contributed by atoms with Gasteiger partial charge in [-0.25, -0.2) is 9.37 Å². The van der Waals surface area contributed by atoms with Crippen molar-refractivity contribution in [2.24, 2.45) is 0 Å². The van der Waals surface area contributed by atoms with Gasteiger partial charge in [0.1, 0.15) is 11.5 Å². The van der Waals surface area contributed by atoms with Gasteiger partial charge in [0.05, 0.1) is 23.6 Å². The third-order valence-electron chi connectivity index (χ3n) is 5.06. The predicted octanol–water partition coefficient (Wildman–Crippen LogP) is 3.89. The third-order valence-corrected chi connectivity index (χ3v) is 5.06. The number of benzene rings is 1. The molecule has 0 bridgehead atoms. The molecule has 3 heterocycles. The summed E-state index contributed by atoms with van der Waals surface area (Å²) < 4.78 is 13.9. The number of carbonyl (C=O) groups excluding carboxylic acids is 1. The summed E-state index contributed by atoms with van der Waals surface area (Å²) in [6.45, 7) is 2.52. The largest absolute Gasteiger partial charge is 0.329 e. The van der Waals surface area contributed by atoms with E-state index in [1.807, 2.05) is 30.0 Å². The Morgan fingerprint density at radius 2 is 1.96 bits per heavy atom. The molecule has 142 valence electrons. The van der Waals surface area contributed by atoms with Crippen molar-refractivity contribution in [3.63, 3.8) is 0 Å². The zero-order valence-electron chi connectivity index (χ0n) is 15.7. The summed E-state index contributed by atoms with van der Waals surface area (Å²) in [4.78, 5) is 27.6. The van der Waals surface area contributed by atoms with Gasteiger partial charge < -0.3 is 4.90 Å². The number of amides is 1. The first-order valence-electron chi connectivity index (χ1n) is 9.39. The molecule has 1 fully saturated rings. The minimum absolute atomic E-state index is 0.0712. The van der Waals surface area contributed by atoms with Crippen LogP contribution in [0.15, 0.2) is 55.0 Å². The van der Waals surface area contributed by atoms with E-state index >= 15 is 0 Å². The summed E-state index contributed by atoms with van der Waals surface area (Å²) in [5.41, 5.74) is 3.57. The van der Waals surface area contributed by atoms with Gasteiger partial charge in [-0.3, -0.25) is 14.8 Å². The van der Waals surface area contributed by atoms with Crippen LogP contribution in [0.2, 0.25) is 0 Å². The van der Waals surface area contributed by atoms with Gasteiger partial charge in [0, 0.05) is 25.4 Å². The van der Waals surface area contributed by atoms with Crippen molar-refractivity contribution in [2.45, 2.75) is 32.2 Å². The summed E-state index contributed by atoms with van der Waals surface area (Å²) in [7, 11) is 0. The molecule has 4 rings (SSSR count). The van der Waals surface area contributed by atoms with Crippen molar-refractivity contribution in [1.82, 2.24) is 19.9 Å². The summed E-state index contributed by atoms with van der Waals surface area (Å²) in [6.07, 6.45) is 7.19. The van der Waals surface area contributed by atoms with E-state index in [0.29, 0.717) is 24.2 Å². The van der Waals surface area contributed by atoms with Gasteiger partial charge in [-0.2, -0.15) is 0 Å². The number of carbonyl (C=O) groups is 1. The van der Waals surface area contributed by atoms with Gasteiger partial charge in [-0.05, 0) is 43.0 Å². The molecular weight excluding hydrogens is 355 g/mol. The Balaban J connectivity index is 1.50. The molecule has 2 aromatic heterocycles. The molecule has 1 atom stereocenters. The van der Waals surface area contributed by atoms with E-state index in [1.165, 1.54) is 12.3 Å². The number of hydrogen-bond acceptors (Lipinski definition) is 4. The van der Waals surface area contributed by atoms with Crippen LogP contribution in [-0.2, 0) is 6.42 Å². The minimum atomic E-state index is -0.210. The fourth-order valence-corrected chi connectivity index (χ4v) is 3.57. The first-order chi connectivity index (χ1) is 13.6. The quantitative estimate of drug-likeness (QED) is 0.693. The van der Waals surface area contributed by atoms with Crippen molar-refractivity contribution in [3.8, 4) is 0 Å². The standard InChI is InChI=1S/C22H21FN4O/c1-15-12-25-20(14-24-15)22(28)27-10-4-7-21(27)19-9-8-16(13-26-19)11-17-5-2-3-6-18(17)23/h2-3,5-6,8-9,12-14,21H,4,7,10-11H2,1H3/t21-/m0/s1. The first kappa shape index (κ1) is 18.2. The van der Waals surface area contributed by atoms with Crippen LogP contribution in [0.5, 0.6) is 0 Å². The van der Waals surface area contributed by atoms with Crippen molar-refractivity contribution in [1.29, 1.82) is 0 Å². The van der Waals surface area contributed by atoms with Crippen LogP contribution in [0.4, 0.5) is 4.39 Å². The highest BCUT2D eigenvalue weighted by Gasteiger charge is 2.32. The highest BCUT2D eigenvalue weighted by molar-refractivity contribution is 5.92. The molecule has 1 saturated heterocycles. The summed E-state index contributed by atoms with van der Waals surface area (Å²) in [6, 6.07) is 10.6. The zero-order valence-corrected chi connectivity index (χ0v) is 15.7. The normalized spacial score (nSPS) is 16.4. The molecule has 0 unspecified atom stereocenters. The molecule has 5 nitrogen and oxygen atoms in total. The molecule has 0 spiro atoms. The molecule has 1 amide bonds. The highest BCUT2D eigenvalue weighted by Crippen LogP contribution is 2.32. The molecule has 1 aromatic carbocycles. The van der Waals surface area contributed by atoms with E-state index < -0.39 is 0 Å². The number of aromatic nitrogens is 3. The second-order valence-corrected chi connectivity index (χ2v) is 7.06. The van der Waals surface area contributed by atoms with Crippen LogP contribution in [0.1, 0.15) is 51.9 Å². The van der Waals surface area contributed by atoms with E-state index in [1.54, 1.807) is 24.5 Å². The second-order valence-electron chi connectivity index (χ2n) is 7.06. The van der Waals surface area contributed by atoms with Crippen LogP contribution >= 0.6 is 0 Å². The van der Waals surface area contributed by atoms with Crippen molar-refractivity contribution in [2.75, 3.05) is 6.54 Å². The molecule has 0 radical (unpaired) electrons. The second kappa shape index (κ2) is 7.84. The zero-order chi connectivity index (χ0) is 19.5. The molecule has 6 heteroatoms. The molecule has 28 heavy (non-hydrogen) atoms. The van der Waals surface area contributed by atoms with Gasteiger partial charge in [0.15, 0.2) is 0 Å².